The molecule has 148 valence electrons. The van der Waals surface area contributed by atoms with E-state index < -0.39 is 11.6 Å². The molecule has 1 fully saturated rings. The van der Waals surface area contributed by atoms with Gasteiger partial charge in [-0.3, -0.25) is 4.79 Å². The average Bonchev–Trinajstić information content (AvgIpc) is 3.40. The summed E-state index contributed by atoms with van der Waals surface area (Å²) in [6, 6.07) is 8.29. The summed E-state index contributed by atoms with van der Waals surface area (Å²) < 4.78 is 38.0. The van der Waals surface area contributed by atoms with E-state index in [4.69, 9.17) is 8.83 Å². The van der Waals surface area contributed by atoms with Crippen molar-refractivity contribution < 1.29 is 22.4 Å². The Morgan fingerprint density at radius 1 is 1.28 bits per heavy atom. The van der Waals surface area contributed by atoms with Crippen LogP contribution >= 0.6 is 0 Å². The van der Waals surface area contributed by atoms with Gasteiger partial charge in [-0.2, -0.15) is 10.2 Å². The molecule has 1 saturated heterocycles. The number of anilines is 2. The number of halogens is 2. The van der Waals surface area contributed by atoms with Crippen LogP contribution in [0.25, 0.3) is 11.7 Å². The number of rotatable bonds is 4. The van der Waals surface area contributed by atoms with Crippen molar-refractivity contribution >= 4 is 17.5 Å². The first-order chi connectivity index (χ1) is 14.0. The fourth-order valence-corrected chi connectivity index (χ4v) is 3.28. The summed E-state index contributed by atoms with van der Waals surface area (Å²) in [6.07, 6.45) is 2.41. The SMILES string of the molecule is N#Cc1nc(-c2ccco2)oc1N1CCC(C(=O)Nc2cc(F)ccc2F)CC1. The molecule has 0 radical (unpaired) electrons. The molecule has 1 aliphatic heterocycles. The highest BCUT2D eigenvalue weighted by atomic mass is 19.1. The van der Waals surface area contributed by atoms with Crippen LogP contribution in [-0.4, -0.2) is 24.0 Å². The van der Waals surface area contributed by atoms with Crippen LogP contribution < -0.4 is 10.2 Å². The minimum Gasteiger partial charge on any atom is -0.459 e. The molecule has 0 atom stereocenters. The highest BCUT2D eigenvalue weighted by molar-refractivity contribution is 5.92. The quantitative estimate of drug-likeness (QED) is 0.715. The van der Waals surface area contributed by atoms with E-state index in [0.29, 0.717) is 37.6 Å². The standard InChI is InChI=1S/C20H16F2N4O3/c21-13-3-4-14(22)15(10-13)24-18(27)12-5-7-26(8-6-12)20-16(11-23)25-19(29-20)17-2-1-9-28-17/h1-4,9-10,12H,5-8H2,(H,24,27). The predicted molar refractivity (Wildman–Crippen MR) is 98.8 cm³/mol. The maximum absolute atomic E-state index is 13.7. The van der Waals surface area contributed by atoms with E-state index in [1.165, 1.54) is 6.26 Å². The van der Waals surface area contributed by atoms with Crippen LogP contribution in [0.5, 0.6) is 0 Å². The third-order valence-electron chi connectivity index (χ3n) is 4.79. The molecule has 0 spiro atoms. The van der Waals surface area contributed by atoms with Gasteiger partial charge in [0.2, 0.25) is 17.5 Å². The maximum Gasteiger partial charge on any atom is 0.266 e. The van der Waals surface area contributed by atoms with Gasteiger partial charge in [-0.05, 0) is 37.1 Å². The highest BCUT2D eigenvalue weighted by Crippen LogP contribution is 2.31. The number of benzene rings is 1. The maximum atomic E-state index is 13.7. The van der Waals surface area contributed by atoms with Crippen LogP contribution in [0.1, 0.15) is 18.5 Å². The topological polar surface area (TPSA) is 95.3 Å². The van der Waals surface area contributed by atoms with Crippen molar-refractivity contribution in [1.82, 2.24) is 4.98 Å². The van der Waals surface area contributed by atoms with Gasteiger partial charge in [-0.25, -0.2) is 8.78 Å². The molecule has 0 bridgehead atoms. The van der Waals surface area contributed by atoms with Crippen molar-refractivity contribution in [2.24, 2.45) is 5.92 Å². The fraction of sp³-hybridized carbons (Fsp3) is 0.250. The van der Waals surface area contributed by atoms with Gasteiger partial charge in [0.1, 0.15) is 17.7 Å². The Bertz CT molecular complexity index is 1060. The normalized spacial score (nSPS) is 14.6. The molecule has 4 rings (SSSR count). The third kappa shape index (κ3) is 3.82. The van der Waals surface area contributed by atoms with E-state index >= 15 is 0 Å². The first-order valence-electron chi connectivity index (χ1n) is 9.01. The van der Waals surface area contributed by atoms with Crippen LogP contribution in [0.3, 0.4) is 0 Å². The summed E-state index contributed by atoms with van der Waals surface area (Å²) in [4.78, 5) is 18.4. The summed E-state index contributed by atoms with van der Waals surface area (Å²) in [6.45, 7) is 0.899. The number of oxazole rings is 1. The Labute approximate surface area is 164 Å². The molecular weight excluding hydrogens is 382 g/mol. The van der Waals surface area contributed by atoms with Gasteiger partial charge < -0.3 is 19.1 Å². The number of furan rings is 1. The predicted octanol–water partition coefficient (Wildman–Crippen LogP) is 3.94. The lowest BCUT2D eigenvalue weighted by atomic mass is 9.95. The number of carbonyl (C=O) groups is 1. The van der Waals surface area contributed by atoms with Gasteiger partial charge >= 0.3 is 0 Å². The van der Waals surface area contributed by atoms with Crippen molar-refractivity contribution in [2.45, 2.75) is 12.8 Å². The van der Waals surface area contributed by atoms with E-state index in [9.17, 15) is 18.8 Å². The molecule has 1 N–H and O–H groups in total. The van der Waals surface area contributed by atoms with E-state index in [2.05, 4.69) is 10.3 Å². The van der Waals surface area contributed by atoms with Crippen LogP contribution in [0.2, 0.25) is 0 Å². The van der Waals surface area contributed by atoms with E-state index in [-0.39, 0.29) is 29.1 Å². The second kappa shape index (κ2) is 7.75. The van der Waals surface area contributed by atoms with Gasteiger partial charge in [-0.1, -0.05) is 0 Å². The van der Waals surface area contributed by atoms with E-state index in [0.717, 1.165) is 18.2 Å². The van der Waals surface area contributed by atoms with Crippen LogP contribution in [-0.2, 0) is 4.79 Å². The summed E-state index contributed by atoms with van der Waals surface area (Å²) >= 11 is 0. The average molecular weight is 398 g/mol. The lowest BCUT2D eigenvalue weighted by Gasteiger charge is -2.31. The van der Waals surface area contributed by atoms with Crippen LogP contribution in [0.15, 0.2) is 45.4 Å². The molecule has 0 aliphatic carbocycles. The fourth-order valence-electron chi connectivity index (χ4n) is 3.28. The van der Waals surface area contributed by atoms with Gasteiger partial charge in [-0.15, -0.1) is 0 Å². The monoisotopic (exact) mass is 398 g/mol. The van der Waals surface area contributed by atoms with Crippen molar-refractivity contribution in [3.63, 3.8) is 0 Å². The molecule has 9 heteroatoms. The Morgan fingerprint density at radius 3 is 2.76 bits per heavy atom. The van der Waals surface area contributed by atoms with Crippen LogP contribution in [0, 0.1) is 28.9 Å². The number of hydrogen-bond acceptors (Lipinski definition) is 6. The molecule has 1 amide bonds. The van der Waals surface area contributed by atoms with E-state index in [1.807, 2.05) is 11.0 Å². The number of hydrogen-bond donors (Lipinski definition) is 1. The van der Waals surface area contributed by atoms with E-state index in [1.54, 1.807) is 12.1 Å². The minimum atomic E-state index is -0.692. The molecule has 0 saturated carbocycles. The smallest absolute Gasteiger partial charge is 0.266 e. The Hall–Kier alpha value is -3.67. The Balaban J connectivity index is 1.42. The number of nitriles is 1. The molecule has 1 aliphatic rings. The molecule has 29 heavy (non-hydrogen) atoms. The zero-order valence-electron chi connectivity index (χ0n) is 15.2. The van der Waals surface area contributed by atoms with Gasteiger partial charge in [0, 0.05) is 25.1 Å². The van der Waals surface area contributed by atoms with Crippen molar-refractivity contribution in [3.05, 3.63) is 53.9 Å². The number of carbonyl (C=O) groups excluding carboxylic acids is 1. The first-order valence-corrected chi connectivity index (χ1v) is 9.01. The molecule has 0 unspecified atom stereocenters. The Kier molecular flexibility index (Phi) is 4.99. The molecule has 7 nitrogen and oxygen atoms in total. The first kappa shape index (κ1) is 18.7. The Morgan fingerprint density at radius 2 is 2.07 bits per heavy atom. The van der Waals surface area contributed by atoms with Crippen molar-refractivity contribution in [2.75, 3.05) is 23.3 Å². The van der Waals surface area contributed by atoms with Crippen molar-refractivity contribution in [3.8, 4) is 17.7 Å². The lowest BCUT2D eigenvalue weighted by molar-refractivity contribution is -0.120. The van der Waals surface area contributed by atoms with Crippen LogP contribution in [0.4, 0.5) is 20.4 Å². The third-order valence-corrected chi connectivity index (χ3v) is 4.79. The minimum absolute atomic E-state index is 0.140. The summed E-state index contributed by atoms with van der Waals surface area (Å²) in [5.74, 6) is -1.10. The molecule has 2 aromatic heterocycles. The molecule has 1 aromatic carbocycles. The summed E-state index contributed by atoms with van der Waals surface area (Å²) in [5.41, 5.74) is -0.0383. The van der Waals surface area contributed by atoms with Crippen molar-refractivity contribution in [1.29, 1.82) is 5.26 Å². The lowest BCUT2D eigenvalue weighted by Crippen LogP contribution is -2.38. The van der Waals surface area contributed by atoms with Gasteiger partial charge in [0.25, 0.3) is 5.89 Å². The second-order valence-electron chi connectivity index (χ2n) is 6.64. The molecule has 3 heterocycles. The zero-order valence-corrected chi connectivity index (χ0v) is 15.2. The summed E-state index contributed by atoms with van der Waals surface area (Å²) in [5, 5.41) is 11.8. The zero-order chi connectivity index (χ0) is 20.4. The van der Waals surface area contributed by atoms with Gasteiger partial charge in [0.05, 0.1) is 12.0 Å². The number of amides is 1. The molecule has 3 aromatic rings. The largest absolute Gasteiger partial charge is 0.459 e. The van der Waals surface area contributed by atoms with Gasteiger partial charge in [0.15, 0.2) is 5.76 Å². The number of nitrogens with zero attached hydrogens (tertiary/aromatic N) is 3. The second-order valence-corrected chi connectivity index (χ2v) is 6.64. The summed E-state index contributed by atoms with van der Waals surface area (Å²) in [7, 11) is 0. The number of nitrogens with one attached hydrogen (secondary N) is 1. The number of aromatic nitrogens is 1. The number of piperidine rings is 1. The highest BCUT2D eigenvalue weighted by Gasteiger charge is 2.29. The molecular formula is C20H16F2N4O3.